The Labute approximate surface area is 89.6 Å². The van der Waals surface area contributed by atoms with E-state index in [-0.39, 0.29) is 0 Å². The van der Waals surface area contributed by atoms with Crippen LogP contribution in [0.2, 0.25) is 0 Å². The van der Waals surface area contributed by atoms with Gasteiger partial charge in [0.25, 0.3) is 0 Å². The highest BCUT2D eigenvalue weighted by Gasteiger charge is 2.18. The molecule has 0 saturated heterocycles. The molecule has 0 amide bonds. The third kappa shape index (κ3) is 3.32. The molecule has 0 fully saturated rings. The third-order valence-corrected chi connectivity index (χ3v) is 2.45. The molecule has 4 heteroatoms. The maximum absolute atomic E-state index is 10.8. The maximum atomic E-state index is 10.8. The molecular formula is C11H16N2O2. The summed E-state index contributed by atoms with van der Waals surface area (Å²) in [6.45, 7) is 5.02. The second-order valence-corrected chi connectivity index (χ2v) is 3.43. The van der Waals surface area contributed by atoms with E-state index in [0.29, 0.717) is 6.54 Å². The molecule has 82 valence electrons. The molecule has 0 bridgehead atoms. The fourth-order valence-corrected chi connectivity index (χ4v) is 1.40. The van der Waals surface area contributed by atoms with Crippen molar-refractivity contribution in [3.05, 3.63) is 30.1 Å². The Morgan fingerprint density at radius 1 is 1.53 bits per heavy atom. The number of carboxylic acids is 1. The van der Waals surface area contributed by atoms with Crippen molar-refractivity contribution in [3.63, 3.8) is 0 Å². The molecular weight excluding hydrogens is 192 g/mol. The van der Waals surface area contributed by atoms with Gasteiger partial charge in [-0.05, 0) is 31.2 Å². The zero-order chi connectivity index (χ0) is 11.3. The molecule has 1 aromatic heterocycles. The molecule has 15 heavy (non-hydrogen) atoms. The molecule has 1 aromatic rings. The topological polar surface area (TPSA) is 53.4 Å². The monoisotopic (exact) mass is 208 g/mol. The van der Waals surface area contributed by atoms with E-state index in [9.17, 15) is 4.79 Å². The fourth-order valence-electron chi connectivity index (χ4n) is 1.40. The zero-order valence-electron chi connectivity index (χ0n) is 9.05. The SMILES string of the molecule is CCN(Cc1ccncc1)C(C)C(=O)O. The first-order valence-corrected chi connectivity index (χ1v) is 5.01. The second-order valence-electron chi connectivity index (χ2n) is 3.43. The lowest BCUT2D eigenvalue weighted by molar-refractivity contribution is -0.142. The largest absolute Gasteiger partial charge is 0.480 e. The number of aromatic nitrogens is 1. The molecule has 1 N–H and O–H groups in total. The Kier molecular flexibility index (Phi) is 4.24. The molecule has 1 heterocycles. The molecule has 1 atom stereocenters. The van der Waals surface area contributed by atoms with Gasteiger partial charge in [-0.25, -0.2) is 0 Å². The van der Waals surface area contributed by atoms with E-state index in [2.05, 4.69) is 4.98 Å². The van der Waals surface area contributed by atoms with Crippen LogP contribution in [0.1, 0.15) is 19.4 Å². The average Bonchev–Trinajstić information content (AvgIpc) is 2.26. The lowest BCUT2D eigenvalue weighted by Gasteiger charge is -2.24. The molecule has 0 aliphatic heterocycles. The van der Waals surface area contributed by atoms with Crippen LogP contribution in [-0.2, 0) is 11.3 Å². The van der Waals surface area contributed by atoms with E-state index >= 15 is 0 Å². The summed E-state index contributed by atoms with van der Waals surface area (Å²) < 4.78 is 0. The van der Waals surface area contributed by atoms with Crippen molar-refractivity contribution in [3.8, 4) is 0 Å². The van der Waals surface area contributed by atoms with Gasteiger partial charge in [0.1, 0.15) is 6.04 Å². The van der Waals surface area contributed by atoms with E-state index < -0.39 is 12.0 Å². The van der Waals surface area contributed by atoms with E-state index in [1.54, 1.807) is 19.3 Å². The highest BCUT2D eigenvalue weighted by atomic mass is 16.4. The van der Waals surface area contributed by atoms with Gasteiger partial charge in [0, 0.05) is 18.9 Å². The molecule has 0 spiro atoms. The van der Waals surface area contributed by atoms with Gasteiger partial charge in [0.15, 0.2) is 0 Å². The Balaban J connectivity index is 2.66. The highest BCUT2D eigenvalue weighted by molar-refractivity contribution is 5.72. The van der Waals surface area contributed by atoms with Crippen LogP contribution in [-0.4, -0.2) is 33.5 Å². The van der Waals surface area contributed by atoms with Gasteiger partial charge in [-0.1, -0.05) is 6.92 Å². The first kappa shape index (κ1) is 11.7. The first-order chi connectivity index (χ1) is 7.15. The summed E-state index contributed by atoms with van der Waals surface area (Å²) in [7, 11) is 0. The Bertz CT molecular complexity index is 314. The molecule has 0 saturated carbocycles. The van der Waals surface area contributed by atoms with E-state index in [1.807, 2.05) is 24.0 Å². The van der Waals surface area contributed by atoms with Crippen LogP contribution in [0.5, 0.6) is 0 Å². The van der Waals surface area contributed by atoms with Gasteiger partial charge >= 0.3 is 5.97 Å². The molecule has 0 aromatic carbocycles. The summed E-state index contributed by atoms with van der Waals surface area (Å²) in [6.07, 6.45) is 3.43. The van der Waals surface area contributed by atoms with Gasteiger partial charge in [-0.3, -0.25) is 14.7 Å². The number of hydrogen-bond donors (Lipinski definition) is 1. The molecule has 1 rings (SSSR count). The number of carbonyl (C=O) groups is 1. The lowest BCUT2D eigenvalue weighted by atomic mass is 10.2. The summed E-state index contributed by atoms with van der Waals surface area (Å²) in [5, 5.41) is 8.91. The first-order valence-electron chi connectivity index (χ1n) is 5.01. The van der Waals surface area contributed by atoms with E-state index in [4.69, 9.17) is 5.11 Å². The van der Waals surface area contributed by atoms with Gasteiger partial charge in [0.2, 0.25) is 0 Å². The van der Waals surface area contributed by atoms with Crippen molar-refractivity contribution in [2.24, 2.45) is 0 Å². The van der Waals surface area contributed by atoms with Crippen LogP contribution >= 0.6 is 0 Å². The van der Waals surface area contributed by atoms with Crippen molar-refractivity contribution in [2.45, 2.75) is 26.4 Å². The molecule has 4 nitrogen and oxygen atoms in total. The highest BCUT2D eigenvalue weighted by Crippen LogP contribution is 2.07. The predicted octanol–water partition coefficient (Wildman–Crippen LogP) is 1.38. The summed E-state index contributed by atoms with van der Waals surface area (Å²) >= 11 is 0. The predicted molar refractivity (Wildman–Crippen MR) is 57.4 cm³/mol. The number of likely N-dealkylation sites (N-methyl/N-ethyl adjacent to an activating group) is 1. The summed E-state index contributed by atoms with van der Waals surface area (Å²) in [4.78, 5) is 16.7. The summed E-state index contributed by atoms with van der Waals surface area (Å²) in [6, 6.07) is 3.34. The fraction of sp³-hybridized carbons (Fsp3) is 0.455. The smallest absolute Gasteiger partial charge is 0.320 e. The minimum Gasteiger partial charge on any atom is -0.480 e. The van der Waals surface area contributed by atoms with Crippen LogP contribution in [0.3, 0.4) is 0 Å². The molecule has 1 unspecified atom stereocenters. The number of aliphatic carboxylic acids is 1. The average molecular weight is 208 g/mol. The van der Waals surface area contributed by atoms with Crippen molar-refractivity contribution in [1.29, 1.82) is 0 Å². The van der Waals surface area contributed by atoms with Crippen LogP contribution in [0.15, 0.2) is 24.5 Å². The standard InChI is InChI=1S/C11H16N2O2/c1-3-13(9(2)11(14)15)8-10-4-6-12-7-5-10/h4-7,9H,3,8H2,1-2H3,(H,14,15). The summed E-state index contributed by atoms with van der Waals surface area (Å²) in [5.74, 6) is -0.786. The number of hydrogen-bond acceptors (Lipinski definition) is 3. The minimum absolute atomic E-state index is 0.455. The zero-order valence-corrected chi connectivity index (χ0v) is 9.05. The number of rotatable bonds is 5. The number of carboxylic acid groups (broad SMARTS) is 1. The second kappa shape index (κ2) is 5.46. The Morgan fingerprint density at radius 2 is 2.13 bits per heavy atom. The Morgan fingerprint density at radius 3 is 2.60 bits per heavy atom. The van der Waals surface area contributed by atoms with Crippen molar-refractivity contribution < 1.29 is 9.90 Å². The third-order valence-electron chi connectivity index (χ3n) is 2.45. The Hall–Kier alpha value is -1.42. The van der Waals surface area contributed by atoms with E-state index in [1.165, 1.54) is 0 Å². The minimum atomic E-state index is -0.786. The van der Waals surface area contributed by atoms with Crippen LogP contribution < -0.4 is 0 Å². The van der Waals surface area contributed by atoms with Crippen molar-refractivity contribution >= 4 is 5.97 Å². The van der Waals surface area contributed by atoms with Crippen molar-refractivity contribution in [1.82, 2.24) is 9.88 Å². The van der Waals surface area contributed by atoms with Crippen molar-refractivity contribution in [2.75, 3.05) is 6.54 Å². The quantitative estimate of drug-likeness (QED) is 0.794. The van der Waals surface area contributed by atoms with Gasteiger partial charge in [0.05, 0.1) is 0 Å². The van der Waals surface area contributed by atoms with Gasteiger partial charge < -0.3 is 5.11 Å². The van der Waals surface area contributed by atoms with Crippen LogP contribution in [0.4, 0.5) is 0 Å². The lowest BCUT2D eigenvalue weighted by Crippen LogP contribution is -2.38. The van der Waals surface area contributed by atoms with Crippen LogP contribution in [0.25, 0.3) is 0 Å². The maximum Gasteiger partial charge on any atom is 0.320 e. The molecule has 0 aliphatic rings. The van der Waals surface area contributed by atoms with Gasteiger partial charge in [-0.2, -0.15) is 0 Å². The molecule has 0 aliphatic carbocycles. The normalized spacial score (nSPS) is 12.7. The van der Waals surface area contributed by atoms with Crippen LogP contribution in [0, 0.1) is 0 Å². The number of nitrogens with zero attached hydrogens (tertiary/aromatic N) is 2. The summed E-state index contributed by atoms with van der Waals surface area (Å²) in [5.41, 5.74) is 1.08. The molecule has 0 radical (unpaired) electrons. The van der Waals surface area contributed by atoms with Gasteiger partial charge in [-0.15, -0.1) is 0 Å². The van der Waals surface area contributed by atoms with E-state index in [0.717, 1.165) is 12.1 Å². The number of pyridine rings is 1.